The van der Waals surface area contributed by atoms with E-state index < -0.39 is 0 Å². The quantitative estimate of drug-likeness (QED) is 0.626. The molecule has 0 saturated carbocycles. The van der Waals surface area contributed by atoms with Crippen molar-refractivity contribution in [3.63, 3.8) is 0 Å². The van der Waals surface area contributed by atoms with Crippen molar-refractivity contribution in [3.8, 4) is 17.2 Å². The molecule has 140 valence electrons. The predicted octanol–water partition coefficient (Wildman–Crippen LogP) is 3.15. The molecule has 6 nitrogen and oxygen atoms in total. The van der Waals surface area contributed by atoms with Gasteiger partial charge < -0.3 is 24.9 Å². The lowest BCUT2D eigenvalue weighted by atomic mass is 10.1. The Labute approximate surface area is 157 Å². The van der Waals surface area contributed by atoms with Gasteiger partial charge in [0.2, 0.25) is 5.91 Å². The second-order valence-electron chi connectivity index (χ2n) is 6.70. The van der Waals surface area contributed by atoms with Gasteiger partial charge in [-0.2, -0.15) is 0 Å². The molecule has 0 saturated heterocycles. The number of aryl methyl sites for hydroxylation is 1. The average molecular weight is 366 g/mol. The number of ether oxygens (including phenoxy) is 2. The minimum atomic E-state index is -0.267. The summed E-state index contributed by atoms with van der Waals surface area (Å²) in [6, 6.07) is 12.9. The first-order chi connectivity index (χ1) is 13.2. The van der Waals surface area contributed by atoms with Gasteiger partial charge in [-0.3, -0.25) is 4.79 Å². The highest BCUT2D eigenvalue weighted by Gasteiger charge is 2.21. The van der Waals surface area contributed by atoms with Crippen molar-refractivity contribution >= 4 is 16.8 Å². The van der Waals surface area contributed by atoms with Crippen LogP contribution >= 0.6 is 0 Å². The molecule has 0 radical (unpaired) electrons. The summed E-state index contributed by atoms with van der Waals surface area (Å²) in [5, 5.41) is 13.6. The molecule has 0 bridgehead atoms. The second kappa shape index (κ2) is 7.61. The van der Waals surface area contributed by atoms with Crippen LogP contribution in [-0.4, -0.2) is 35.3 Å². The maximum Gasteiger partial charge on any atom is 0.220 e. The van der Waals surface area contributed by atoms with Gasteiger partial charge in [0, 0.05) is 29.6 Å². The second-order valence-corrected chi connectivity index (χ2v) is 6.70. The molecule has 6 heteroatoms. The molecule has 2 aromatic carbocycles. The van der Waals surface area contributed by atoms with Crippen LogP contribution in [0.25, 0.3) is 10.9 Å². The molecule has 1 aromatic heterocycles. The summed E-state index contributed by atoms with van der Waals surface area (Å²) in [7, 11) is 0. The van der Waals surface area contributed by atoms with Crippen molar-refractivity contribution in [2.45, 2.75) is 25.4 Å². The normalized spacial score (nSPS) is 15.6. The maximum absolute atomic E-state index is 12.1. The van der Waals surface area contributed by atoms with Crippen molar-refractivity contribution in [1.82, 2.24) is 10.3 Å². The van der Waals surface area contributed by atoms with Crippen LogP contribution in [0.5, 0.6) is 17.2 Å². The van der Waals surface area contributed by atoms with Crippen molar-refractivity contribution in [1.29, 1.82) is 0 Å². The number of phenols is 1. The minimum absolute atomic E-state index is 0.000136. The summed E-state index contributed by atoms with van der Waals surface area (Å²) < 4.78 is 11.4. The topological polar surface area (TPSA) is 83.6 Å². The number of nitrogens with one attached hydrogen (secondary N) is 2. The largest absolute Gasteiger partial charge is 0.508 e. The molecule has 1 unspecified atom stereocenters. The number of hydrogen-bond acceptors (Lipinski definition) is 4. The molecule has 4 rings (SSSR count). The molecule has 3 aromatic rings. The first kappa shape index (κ1) is 17.3. The van der Waals surface area contributed by atoms with E-state index >= 15 is 0 Å². The van der Waals surface area contributed by atoms with Crippen LogP contribution in [0, 0.1) is 0 Å². The van der Waals surface area contributed by atoms with Gasteiger partial charge in [0.1, 0.15) is 18.5 Å². The monoisotopic (exact) mass is 366 g/mol. The third kappa shape index (κ3) is 4.00. The fourth-order valence-corrected chi connectivity index (χ4v) is 3.30. The molecular weight excluding hydrogens is 344 g/mol. The first-order valence-electron chi connectivity index (χ1n) is 9.13. The number of carbonyl (C=O) groups is 1. The molecule has 1 aliphatic rings. The van der Waals surface area contributed by atoms with Gasteiger partial charge in [-0.1, -0.05) is 18.2 Å². The van der Waals surface area contributed by atoms with E-state index in [-0.39, 0.29) is 17.8 Å². The third-order valence-corrected chi connectivity index (χ3v) is 4.70. The molecule has 3 N–H and O–H groups in total. The number of rotatable bonds is 6. The van der Waals surface area contributed by atoms with Crippen molar-refractivity contribution < 1.29 is 19.4 Å². The Morgan fingerprint density at radius 1 is 1.22 bits per heavy atom. The Balaban J connectivity index is 1.22. The van der Waals surface area contributed by atoms with E-state index in [1.54, 1.807) is 12.1 Å². The Bertz CT molecular complexity index is 950. The summed E-state index contributed by atoms with van der Waals surface area (Å²) in [4.78, 5) is 15.4. The fourth-order valence-electron chi connectivity index (χ4n) is 3.30. The predicted molar refractivity (Wildman–Crippen MR) is 102 cm³/mol. The zero-order chi connectivity index (χ0) is 18.6. The average Bonchev–Trinajstić information content (AvgIpc) is 3.09. The molecule has 27 heavy (non-hydrogen) atoms. The van der Waals surface area contributed by atoms with Crippen LogP contribution in [0.2, 0.25) is 0 Å². The summed E-state index contributed by atoms with van der Waals surface area (Å²) in [6.45, 7) is 0.744. The molecule has 1 aliphatic heterocycles. The smallest absolute Gasteiger partial charge is 0.220 e. The van der Waals surface area contributed by atoms with Crippen LogP contribution in [-0.2, 0) is 11.2 Å². The number of carbonyl (C=O) groups excluding carboxylic acids is 1. The number of phenolic OH excluding ortho intramolecular Hbond substituents is 1. The van der Waals surface area contributed by atoms with E-state index in [9.17, 15) is 9.90 Å². The number of amides is 1. The number of fused-ring (bicyclic) bond motifs is 2. The highest BCUT2D eigenvalue weighted by atomic mass is 16.6. The summed E-state index contributed by atoms with van der Waals surface area (Å²) in [5.74, 6) is 1.23. The lowest BCUT2D eigenvalue weighted by molar-refractivity contribution is -0.121. The van der Waals surface area contributed by atoms with Gasteiger partial charge in [-0.05, 0) is 36.6 Å². The fraction of sp³-hybridized carbons (Fsp3) is 0.286. The zero-order valence-electron chi connectivity index (χ0n) is 14.9. The lowest BCUT2D eigenvalue weighted by Gasteiger charge is -2.26. The molecule has 0 spiro atoms. The van der Waals surface area contributed by atoms with Gasteiger partial charge in [-0.15, -0.1) is 0 Å². The SMILES string of the molecule is O=C(CCCc1c[nH]c2ccccc12)NCC1COc2ccc(O)cc2O1. The Kier molecular flexibility index (Phi) is 4.87. The van der Waals surface area contributed by atoms with Gasteiger partial charge >= 0.3 is 0 Å². The van der Waals surface area contributed by atoms with Crippen LogP contribution in [0.4, 0.5) is 0 Å². The molecule has 0 aliphatic carbocycles. The Morgan fingerprint density at radius 2 is 2.11 bits per heavy atom. The van der Waals surface area contributed by atoms with E-state index in [2.05, 4.69) is 22.4 Å². The number of aromatic hydroxyl groups is 1. The number of aromatic nitrogens is 1. The summed E-state index contributed by atoms with van der Waals surface area (Å²) in [6.07, 6.45) is 3.85. The molecular formula is C21H22N2O4. The zero-order valence-corrected chi connectivity index (χ0v) is 14.9. The van der Waals surface area contributed by atoms with Crippen LogP contribution in [0.3, 0.4) is 0 Å². The van der Waals surface area contributed by atoms with Crippen molar-refractivity contribution in [2.24, 2.45) is 0 Å². The highest BCUT2D eigenvalue weighted by Crippen LogP contribution is 2.34. The first-order valence-corrected chi connectivity index (χ1v) is 9.13. The van der Waals surface area contributed by atoms with E-state index in [0.717, 1.165) is 18.4 Å². The van der Waals surface area contributed by atoms with E-state index in [4.69, 9.17) is 9.47 Å². The minimum Gasteiger partial charge on any atom is -0.508 e. The molecule has 2 heterocycles. The lowest BCUT2D eigenvalue weighted by Crippen LogP contribution is -2.40. The molecule has 1 amide bonds. The van der Waals surface area contributed by atoms with E-state index in [1.165, 1.54) is 17.0 Å². The van der Waals surface area contributed by atoms with Crippen LogP contribution < -0.4 is 14.8 Å². The van der Waals surface area contributed by atoms with Crippen molar-refractivity contribution in [2.75, 3.05) is 13.2 Å². The van der Waals surface area contributed by atoms with Crippen LogP contribution in [0.15, 0.2) is 48.7 Å². The molecule has 0 fully saturated rings. The van der Waals surface area contributed by atoms with Crippen molar-refractivity contribution in [3.05, 3.63) is 54.2 Å². The third-order valence-electron chi connectivity index (χ3n) is 4.70. The summed E-state index contributed by atoms with van der Waals surface area (Å²) in [5.41, 5.74) is 2.36. The van der Waals surface area contributed by atoms with Crippen LogP contribution in [0.1, 0.15) is 18.4 Å². The number of aromatic amines is 1. The number of H-pyrrole nitrogens is 1. The standard InChI is InChI=1S/C21H22N2O4/c24-15-8-9-19-20(10-15)27-16(13-26-19)12-23-21(25)7-3-4-14-11-22-18-6-2-1-5-17(14)18/h1-2,5-6,8-11,16,22,24H,3-4,7,12-13H2,(H,23,25). The van der Waals surface area contributed by atoms with E-state index in [0.29, 0.717) is 31.1 Å². The van der Waals surface area contributed by atoms with Gasteiger partial charge in [0.25, 0.3) is 0 Å². The molecule has 1 atom stereocenters. The van der Waals surface area contributed by atoms with Gasteiger partial charge in [0.15, 0.2) is 11.5 Å². The highest BCUT2D eigenvalue weighted by molar-refractivity contribution is 5.83. The summed E-state index contributed by atoms with van der Waals surface area (Å²) >= 11 is 0. The number of para-hydroxylation sites is 1. The van der Waals surface area contributed by atoms with Gasteiger partial charge in [0.05, 0.1) is 6.54 Å². The number of hydrogen-bond donors (Lipinski definition) is 3. The Morgan fingerprint density at radius 3 is 3.04 bits per heavy atom. The van der Waals surface area contributed by atoms with E-state index in [1.807, 2.05) is 18.3 Å². The maximum atomic E-state index is 12.1. The Hall–Kier alpha value is -3.15. The number of benzene rings is 2. The van der Waals surface area contributed by atoms with Gasteiger partial charge in [-0.25, -0.2) is 0 Å².